The molecule has 1 amide bonds. The van der Waals surface area contributed by atoms with Gasteiger partial charge in [0.2, 0.25) is 0 Å². The third-order valence-electron chi connectivity index (χ3n) is 3.02. The summed E-state index contributed by atoms with van der Waals surface area (Å²) in [5.74, 6) is -5.31. The van der Waals surface area contributed by atoms with Crippen LogP contribution in [0, 0.1) is 28.8 Å². The molecule has 0 bridgehead atoms. The maximum Gasteiger partial charge on any atom is 0.262 e. The van der Waals surface area contributed by atoms with Crippen LogP contribution in [-0.4, -0.2) is 19.6 Å². The second-order valence-corrected chi connectivity index (χ2v) is 5.07. The van der Waals surface area contributed by atoms with Crippen LogP contribution in [0.2, 0.25) is 5.02 Å². The van der Waals surface area contributed by atoms with E-state index >= 15 is 0 Å². The smallest absolute Gasteiger partial charge is 0.262 e. The van der Waals surface area contributed by atoms with Crippen molar-refractivity contribution in [2.45, 2.75) is 0 Å². The molecule has 2 aromatic carbocycles. The van der Waals surface area contributed by atoms with Crippen LogP contribution in [0.3, 0.4) is 0 Å². The lowest BCUT2D eigenvalue weighted by Gasteiger charge is -2.13. The lowest BCUT2D eigenvalue weighted by atomic mass is 10.2. The first-order chi connectivity index (χ1) is 11.9. The van der Waals surface area contributed by atoms with Gasteiger partial charge in [0.15, 0.2) is 35.6 Å². The van der Waals surface area contributed by atoms with E-state index in [1.807, 2.05) is 11.4 Å². The summed E-state index contributed by atoms with van der Waals surface area (Å²) in [4.78, 5) is 11.8. The van der Waals surface area contributed by atoms with Crippen molar-refractivity contribution in [2.24, 2.45) is 0 Å². The van der Waals surface area contributed by atoms with Gasteiger partial charge in [-0.2, -0.15) is 5.26 Å². The monoisotopic (exact) mass is 370 g/mol. The van der Waals surface area contributed by atoms with Crippen molar-refractivity contribution in [3.05, 3.63) is 52.3 Å². The van der Waals surface area contributed by atoms with E-state index in [0.717, 1.165) is 6.07 Å². The van der Waals surface area contributed by atoms with Crippen LogP contribution in [0.5, 0.6) is 11.5 Å². The molecule has 2 rings (SSSR count). The molecule has 5 nitrogen and oxygen atoms in total. The Bertz CT molecular complexity index is 869. The van der Waals surface area contributed by atoms with Crippen molar-refractivity contribution in [3.8, 4) is 17.6 Å². The highest BCUT2D eigenvalue weighted by molar-refractivity contribution is 6.32. The minimum Gasteiger partial charge on any atom is -0.493 e. The Morgan fingerprint density at radius 1 is 1.28 bits per heavy atom. The van der Waals surface area contributed by atoms with Gasteiger partial charge in [0.05, 0.1) is 29.5 Å². The molecule has 0 aromatic heterocycles. The quantitative estimate of drug-likeness (QED) is 0.815. The van der Waals surface area contributed by atoms with Crippen molar-refractivity contribution in [1.82, 2.24) is 0 Å². The number of nitrogens with one attached hydrogen (secondary N) is 1. The normalized spacial score (nSPS) is 10.1. The van der Waals surface area contributed by atoms with Crippen LogP contribution in [0.4, 0.5) is 18.9 Å². The average molecular weight is 371 g/mol. The minimum atomic E-state index is -1.70. The number of benzene rings is 2. The van der Waals surface area contributed by atoms with E-state index in [1.54, 1.807) is 0 Å². The molecule has 0 aliphatic heterocycles. The highest BCUT2D eigenvalue weighted by Gasteiger charge is 2.17. The van der Waals surface area contributed by atoms with Gasteiger partial charge in [0.25, 0.3) is 5.91 Å². The van der Waals surface area contributed by atoms with E-state index in [2.05, 4.69) is 0 Å². The zero-order valence-electron chi connectivity index (χ0n) is 12.7. The summed E-state index contributed by atoms with van der Waals surface area (Å²) < 4.78 is 49.7. The van der Waals surface area contributed by atoms with Crippen LogP contribution in [0.15, 0.2) is 24.3 Å². The van der Waals surface area contributed by atoms with Crippen molar-refractivity contribution in [2.75, 3.05) is 19.0 Å². The molecule has 0 unspecified atom stereocenters. The number of nitriles is 1. The largest absolute Gasteiger partial charge is 0.493 e. The third kappa shape index (κ3) is 4.14. The Hall–Kier alpha value is -2.92. The fourth-order valence-electron chi connectivity index (χ4n) is 1.87. The summed E-state index contributed by atoms with van der Waals surface area (Å²) >= 11 is 5.96. The summed E-state index contributed by atoms with van der Waals surface area (Å²) in [5, 5.41) is 10.9. The molecule has 0 atom stereocenters. The lowest BCUT2D eigenvalue weighted by Crippen LogP contribution is -2.21. The molecule has 0 fully saturated rings. The highest BCUT2D eigenvalue weighted by atomic mass is 35.5. The summed E-state index contributed by atoms with van der Waals surface area (Å²) in [7, 11) is 1.32. The molecule has 130 valence electrons. The van der Waals surface area contributed by atoms with Crippen LogP contribution in [-0.2, 0) is 4.79 Å². The van der Waals surface area contributed by atoms with Gasteiger partial charge in [0, 0.05) is 6.07 Å². The summed E-state index contributed by atoms with van der Waals surface area (Å²) in [6, 6.07) is 6.10. The van der Waals surface area contributed by atoms with Gasteiger partial charge in [-0.1, -0.05) is 11.6 Å². The first kappa shape index (κ1) is 18.4. The number of methoxy groups -OCH3 is 1. The number of carbonyl (C=O) groups excluding carboxylic acids is 1. The summed E-state index contributed by atoms with van der Waals surface area (Å²) in [5.41, 5.74) is -0.312. The third-order valence-corrected chi connectivity index (χ3v) is 3.30. The van der Waals surface area contributed by atoms with E-state index in [9.17, 15) is 18.0 Å². The second-order valence-electron chi connectivity index (χ2n) is 4.66. The fourth-order valence-corrected chi connectivity index (χ4v) is 2.14. The first-order valence-corrected chi connectivity index (χ1v) is 7.09. The van der Waals surface area contributed by atoms with Crippen molar-refractivity contribution in [3.63, 3.8) is 0 Å². The van der Waals surface area contributed by atoms with E-state index in [-0.39, 0.29) is 22.1 Å². The molecule has 0 spiro atoms. The number of rotatable bonds is 5. The number of hydrogen-bond acceptors (Lipinski definition) is 4. The van der Waals surface area contributed by atoms with Crippen LogP contribution >= 0.6 is 11.6 Å². The standard InChI is InChI=1S/C16H10ClF3N2O3/c1-24-12-5-8(6-21)4-9(17)16(12)25-7-13(23)22-11-3-2-10(18)14(19)15(11)20/h2-5H,7H2,1H3,(H,22,23). The average Bonchev–Trinajstić information content (AvgIpc) is 2.60. The maximum absolute atomic E-state index is 13.5. The molecule has 0 saturated heterocycles. The molecule has 2 aromatic rings. The van der Waals surface area contributed by atoms with Gasteiger partial charge < -0.3 is 14.8 Å². The van der Waals surface area contributed by atoms with Crippen LogP contribution in [0.25, 0.3) is 0 Å². The van der Waals surface area contributed by atoms with Crippen LogP contribution < -0.4 is 14.8 Å². The van der Waals surface area contributed by atoms with Crippen LogP contribution in [0.1, 0.15) is 5.56 Å². The van der Waals surface area contributed by atoms with Crippen molar-refractivity contribution >= 4 is 23.2 Å². The maximum atomic E-state index is 13.5. The number of anilines is 1. The molecular formula is C16H10ClF3N2O3. The van der Waals surface area contributed by atoms with Gasteiger partial charge in [-0.25, -0.2) is 13.2 Å². The highest BCUT2D eigenvalue weighted by Crippen LogP contribution is 2.36. The molecule has 1 N–H and O–H groups in total. The molecule has 0 saturated carbocycles. The van der Waals surface area contributed by atoms with E-state index in [1.165, 1.54) is 19.2 Å². The number of amides is 1. The summed E-state index contributed by atoms with van der Waals surface area (Å²) in [6.45, 7) is -0.611. The lowest BCUT2D eigenvalue weighted by molar-refractivity contribution is -0.118. The Morgan fingerprint density at radius 2 is 2.00 bits per heavy atom. The first-order valence-electron chi connectivity index (χ1n) is 6.71. The van der Waals surface area contributed by atoms with Crippen molar-refractivity contribution < 1.29 is 27.4 Å². The Balaban J connectivity index is 2.11. The van der Waals surface area contributed by atoms with E-state index < -0.39 is 35.7 Å². The Labute approximate surface area is 145 Å². The van der Waals surface area contributed by atoms with Gasteiger partial charge in [-0.15, -0.1) is 0 Å². The van der Waals surface area contributed by atoms with Gasteiger partial charge in [-0.05, 0) is 18.2 Å². The molecule has 25 heavy (non-hydrogen) atoms. The number of ether oxygens (including phenoxy) is 2. The van der Waals surface area contributed by atoms with Gasteiger partial charge in [0.1, 0.15) is 0 Å². The predicted octanol–water partition coefficient (Wildman–Crippen LogP) is 3.66. The van der Waals surface area contributed by atoms with Gasteiger partial charge >= 0.3 is 0 Å². The molecule has 9 heteroatoms. The van der Waals surface area contributed by atoms with E-state index in [4.69, 9.17) is 26.3 Å². The SMILES string of the molecule is COc1cc(C#N)cc(Cl)c1OCC(=O)Nc1ccc(F)c(F)c1F. The van der Waals surface area contributed by atoms with Gasteiger partial charge in [-0.3, -0.25) is 4.79 Å². The molecule has 0 radical (unpaired) electrons. The second kappa shape index (κ2) is 7.77. The molecule has 0 heterocycles. The summed E-state index contributed by atoms with van der Waals surface area (Å²) in [6.07, 6.45) is 0. The predicted molar refractivity (Wildman–Crippen MR) is 83.2 cm³/mol. The number of hydrogen-bond donors (Lipinski definition) is 1. The molecular weight excluding hydrogens is 361 g/mol. The Kier molecular flexibility index (Phi) is 5.72. The topological polar surface area (TPSA) is 71.3 Å². The molecule has 0 aliphatic rings. The number of nitrogens with zero attached hydrogens (tertiary/aromatic N) is 1. The zero-order valence-corrected chi connectivity index (χ0v) is 13.5. The van der Waals surface area contributed by atoms with E-state index in [0.29, 0.717) is 6.07 Å². The van der Waals surface area contributed by atoms with Crippen molar-refractivity contribution in [1.29, 1.82) is 5.26 Å². The zero-order chi connectivity index (χ0) is 18.6. The fraction of sp³-hybridized carbons (Fsp3) is 0.125. The molecule has 0 aliphatic carbocycles. The minimum absolute atomic E-state index is 0.00377. The number of carbonyl (C=O) groups is 1. The number of halogens is 4. The Morgan fingerprint density at radius 3 is 2.64 bits per heavy atom.